The zero-order chi connectivity index (χ0) is 16.0. The number of hydrogen-bond donors (Lipinski definition) is 3. The molecule has 1 rings (SSSR count). The highest BCUT2D eigenvalue weighted by molar-refractivity contribution is 5.98. The van der Waals surface area contributed by atoms with Gasteiger partial charge in [-0.25, -0.2) is 0 Å². The second-order valence-electron chi connectivity index (χ2n) is 5.41. The maximum Gasteiger partial charge on any atom is 0.252 e. The summed E-state index contributed by atoms with van der Waals surface area (Å²) >= 11 is 0. The van der Waals surface area contributed by atoms with Gasteiger partial charge in [-0.3, -0.25) is 4.79 Å². The van der Waals surface area contributed by atoms with Crippen LogP contribution in [-0.4, -0.2) is 29.1 Å². The molecule has 1 atom stereocenters. The molecule has 0 aliphatic carbocycles. The van der Waals surface area contributed by atoms with Gasteiger partial charge in [0.15, 0.2) is 5.84 Å². The van der Waals surface area contributed by atoms with Crippen LogP contribution in [0.4, 0.5) is 0 Å². The van der Waals surface area contributed by atoms with Crippen LogP contribution in [0.25, 0.3) is 0 Å². The van der Waals surface area contributed by atoms with E-state index in [2.05, 4.69) is 10.5 Å². The van der Waals surface area contributed by atoms with Crippen molar-refractivity contribution in [2.24, 2.45) is 16.8 Å². The van der Waals surface area contributed by atoms with E-state index in [0.29, 0.717) is 11.3 Å². The predicted molar refractivity (Wildman–Crippen MR) is 81.7 cm³/mol. The van der Waals surface area contributed by atoms with E-state index in [4.69, 9.17) is 15.7 Å². The van der Waals surface area contributed by atoms with Gasteiger partial charge in [-0.1, -0.05) is 25.1 Å². The van der Waals surface area contributed by atoms with E-state index in [1.807, 2.05) is 27.7 Å². The van der Waals surface area contributed by atoms with Crippen LogP contribution in [0.3, 0.4) is 0 Å². The Bertz CT molecular complexity index is 513. The van der Waals surface area contributed by atoms with Crippen molar-refractivity contribution >= 4 is 11.7 Å². The molecule has 1 aromatic carbocycles. The first-order valence-corrected chi connectivity index (χ1v) is 6.90. The number of nitrogens with two attached hydrogens (primary N) is 1. The number of nitrogens with zero attached hydrogens (tertiary/aromatic N) is 1. The van der Waals surface area contributed by atoms with Crippen LogP contribution in [0.5, 0.6) is 5.75 Å². The third kappa shape index (κ3) is 4.98. The lowest BCUT2D eigenvalue weighted by atomic mass is 10.0. The fourth-order valence-electron chi connectivity index (χ4n) is 1.85. The molecule has 0 radical (unpaired) electrons. The van der Waals surface area contributed by atoms with Crippen LogP contribution in [0.2, 0.25) is 0 Å². The highest BCUT2D eigenvalue weighted by atomic mass is 16.5. The summed E-state index contributed by atoms with van der Waals surface area (Å²) in [5, 5.41) is 14.5. The normalized spacial score (nSPS) is 13.3. The van der Waals surface area contributed by atoms with Crippen molar-refractivity contribution in [2.75, 3.05) is 0 Å². The Morgan fingerprint density at radius 2 is 2.00 bits per heavy atom. The molecule has 6 nitrogen and oxygen atoms in total. The molecule has 116 valence electrons. The first-order chi connectivity index (χ1) is 9.85. The minimum atomic E-state index is -0.530. The Hall–Kier alpha value is -2.24. The number of nitrogens with one attached hydrogen (secondary N) is 1. The Labute approximate surface area is 125 Å². The smallest absolute Gasteiger partial charge is 0.252 e. The molecule has 1 amide bonds. The minimum absolute atomic E-state index is 0.0000494. The van der Waals surface area contributed by atoms with Crippen molar-refractivity contribution in [3.05, 3.63) is 29.8 Å². The van der Waals surface area contributed by atoms with Gasteiger partial charge in [0, 0.05) is 5.56 Å². The van der Waals surface area contributed by atoms with E-state index in [-0.39, 0.29) is 23.8 Å². The first kappa shape index (κ1) is 16.8. The number of hydrogen-bond acceptors (Lipinski definition) is 4. The molecule has 0 aliphatic heterocycles. The van der Waals surface area contributed by atoms with Crippen molar-refractivity contribution in [1.82, 2.24) is 5.32 Å². The molecule has 0 fully saturated rings. The fraction of sp³-hybridized carbons (Fsp3) is 0.467. The summed E-state index contributed by atoms with van der Waals surface area (Å²) in [5.74, 6) is 0.310. The van der Waals surface area contributed by atoms with Crippen molar-refractivity contribution in [3.8, 4) is 5.75 Å². The second kappa shape index (κ2) is 7.52. The summed E-state index contributed by atoms with van der Waals surface area (Å²) in [7, 11) is 0. The number of ether oxygens (including phenoxy) is 1. The SMILES string of the molecule is CC(C)Oc1cccc(C(=O)NC(C(N)=NO)C(C)C)c1. The number of benzene rings is 1. The molecule has 0 saturated carbocycles. The second-order valence-corrected chi connectivity index (χ2v) is 5.41. The Morgan fingerprint density at radius 3 is 2.52 bits per heavy atom. The molecule has 1 aromatic rings. The van der Waals surface area contributed by atoms with Gasteiger partial charge in [-0.2, -0.15) is 0 Å². The molecule has 0 saturated heterocycles. The Balaban J connectivity index is 2.88. The molecular formula is C15H23N3O3. The first-order valence-electron chi connectivity index (χ1n) is 6.90. The number of amides is 1. The molecule has 0 spiro atoms. The quantitative estimate of drug-likeness (QED) is 0.323. The zero-order valence-electron chi connectivity index (χ0n) is 12.8. The summed E-state index contributed by atoms with van der Waals surface area (Å²) in [6.07, 6.45) is 0.0314. The van der Waals surface area contributed by atoms with Crippen molar-refractivity contribution in [1.29, 1.82) is 0 Å². The van der Waals surface area contributed by atoms with Crippen molar-refractivity contribution < 1.29 is 14.7 Å². The lowest BCUT2D eigenvalue weighted by Crippen LogP contribution is -2.47. The maximum absolute atomic E-state index is 12.3. The Kier molecular flexibility index (Phi) is 6.02. The molecular weight excluding hydrogens is 270 g/mol. The van der Waals surface area contributed by atoms with Crippen LogP contribution < -0.4 is 15.8 Å². The lowest BCUT2D eigenvalue weighted by Gasteiger charge is -2.21. The van der Waals surface area contributed by atoms with E-state index >= 15 is 0 Å². The third-order valence-electron chi connectivity index (χ3n) is 2.86. The summed E-state index contributed by atoms with van der Waals surface area (Å²) in [4.78, 5) is 12.3. The summed E-state index contributed by atoms with van der Waals surface area (Å²) in [5.41, 5.74) is 6.06. The monoisotopic (exact) mass is 293 g/mol. The maximum atomic E-state index is 12.3. The van der Waals surface area contributed by atoms with Gasteiger partial charge in [0.2, 0.25) is 0 Å². The summed E-state index contributed by atoms with van der Waals surface area (Å²) < 4.78 is 5.56. The molecule has 0 aliphatic rings. The molecule has 21 heavy (non-hydrogen) atoms. The average molecular weight is 293 g/mol. The van der Waals surface area contributed by atoms with Gasteiger partial charge in [-0.05, 0) is 38.0 Å². The third-order valence-corrected chi connectivity index (χ3v) is 2.86. The van der Waals surface area contributed by atoms with Crippen molar-refractivity contribution in [3.63, 3.8) is 0 Å². The van der Waals surface area contributed by atoms with Gasteiger partial charge in [0.25, 0.3) is 5.91 Å². The number of oxime groups is 1. The molecule has 1 unspecified atom stereocenters. The molecule has 6 heteroatoms. The Morgan fingerprint density at radius 1 is 1.33 bits per heavy atom. The molecule has 4 N–H and O–H groups in total. The molecule has 0 heterocycles. The number of carbonyl (C=O) groups is 1. The highest BCUT2D eigenvalue weighted by Gasteiger charge is 2.21. The predicted octanol–water partition coefficient (Wildman–Crippen LogP) is 1.97. The van der Waals surface area contributed by atoms with Crippen LogP contribution >= 0.6 is 0 Å². The van der Waals surface area contributed by atoms with E-state index in [0.717, 1.165) is 0 Å². The molecule has 0 aromatic heterocycles. The van der Waals surface area contributed by atoms with Gasteiger partial charge in [0.1, 0.15) is 5.75 Å². The number of rotatable bonds is 6. The van der Waals surface area contributed by atoms with Crippen molar-refractivity contribution in [2.45, 2.75) is 39.8 Å². The van der Waals surface area contributed by atoms with Crippen LogP contribution in [0, 0.1) is 5.92 Å². The van der Waals surface area contributed by atoms with E-state index in [9.17, 15) is 4.79 Å². The van der Waals surface area contributed by atoms with Crippen LogP contribution in [0.1, 0.15) is 38.1 Å². The number of carbonyl (C=O) groups excluding carboxylic acids is 1. The van der Waals surface area contributed by atoms with Gasteiger partial charge >= 0.3 is 0 Å². The van der Waals surface area contributed by atoms with E-state index in [1.54, 1.807) is 24.3 Å². The largest absolute Gasteiger partial charge is 0.491 e. The topological polar surface area (TPSA) is 96.9 Å². The average Bonchev–Trinajstić information content (AvgIpc) is 2.42. The molecule has 0 bridgehead atoms. The van der Waals surface area contributed by atoms with Gasteiger partial charge < -0.3 is 21.0 Å². The van der Waals surface area contributed by atoms with Gasteiger partial charge in [-0.15, -0.1) is 0 Å². The van der Waals surface area contributed by atoms with E-state index < -0.39 is 6.04 Å². The zero-order valence-corrected chi connectivity index (χ0v) is 12.8. The lowest BCUT2D eigenvalue weighted by molar-refractivity contribution is 0.0938. The van der Waals surface area contributed by atoms with Crippen LogP contribution in [-0.2, 0) is 0 Å². The standard InChI is InChI=1S/C15H23N3O3/c1-9(2)13(14(16)18-20)17-15(19)11-6-5-7-12(8-11)21-10(3)4/h5-10,13,20H,1-4H3,(H2,16,18)(H,17,19). The van der Waals surface area contributed by atoms with Gasteiger partial charge in [0.05, 0.1) is 12.1 Å². The number of amidine groups is 1. The fourth-order valence-corrected chi connectivity index (χ4v) is 1.85. The van der Waals surface area contributed by atoms with Crippen LogP contribution in [0.15, 0.2) is 29.4 Å². The summed E-state index contributed by atoms with van der Waals surface area (Å²) in [6.45, 7) is 7.59. The van der Waals surface area contributed by atoms with E-state index in [1.165, 1.54) is 0 Å². The highest BCUT2D eigenvalue weighted by Crippen LogP contribution is 2.15. The minimum Gasteiger partial charge on any atom is -0.491 e. The summed E-state index contributed by atoms with van der Waals surface area (Å²) in [6, 6.07) is 6.36.